The molecule has 41 heavy (non-hydrogen) atoms. The normalized spacial score (nSPS) is 19.7. The third-order valence-electron chi connectivity index (χ3n) is 7.37. The summed E-state index contributed by atoms with van der Waals surface area (Å²) in [5.74, 6) is -1.37. The summed E-state index contributed by atoms with van der Waals surface area (Å²) in [6.07, 6.45) is -5.92. The predicted molar refractivity (Wildman–Crippen MR) is 139 cm³/mol. The van der Waals surface area contributed by atoms with Gasteiger partial charge in [-0.1, -0.05) is 24.3 Å². The maximum absolute atomic E-state index is 14.3. The Balaban J connectivity index is 1.55. The third-order valence-corrected chi connectivity index (χ3v) is 7.37. The fraction of sp³-hybridized carbons (Fsp3) is 0.483. The van der Waals surface area contributed by atoms with Crippen LogP contribution in [0.4, 0.5) is 30.7 Å². The number of aryl methyl sites for hydroxylation is 1. The van der Waals surface area contributed by atoms with Gasteiger partial charge in [-0.3, -0.25) is 14.6 Å². The number of rotatable bonds is 7. The van der Waals surface area contributed by atoms with Crippen molar-refractivity contribution in [1.82, 2.24) is 14.7 Å². The minimum atomic E-state index is -5.07. The Morgan fingerprint density at radius 2 is 1.49 bits per heavy atom. The number of halogens is 7. The van der Waals surface area contributed by atoms with E-state index in [-0.39, 0.29) is 19.0 Å². The first-order valence-corrected chi connectivity index (χ1v) is 13.3. The molecule has 4 rings (SSSR count). The lowest BCUT2D eigenvalue weighted by atomic mass is 9.98. The van der Waals surface area contributed by atoms with Crippen LogP contribution in [0.3, 0.4) is 0 Å². The van der Waals surface area contributed by atoms with Crippen molar-refractivity contribution in [2.24, 2.45) is 0 Å². The van der Waals surface area contributed by atoms with Gasteiger partial charge in [0.2, 0.25) is 0 Å². The molecule has 2 saturated heterocycles. The third kappa shape index (κ3) is 8.30. The molecule has 0 aromatic heterocycles. The van der Waals surface area contributed by atoms with E-state index < -0.39 is 46.8 Å². The van der Waals surface area contributed by atoms with Crippen molar-refractivity contribution < 1.29 is 40.3 Å². The van der Waals surface area contributed by atoms with E-state index in [4.69, 9.17) is 4.74 Å². The first-order chi connectivity index (χ1) is 19.3. The highest BCUT2D eigenvalue weighted by molar-refractivity contribution is 5.95. The molecule has 2 fully saturated rings. The minimum absolute atomic E-state index is 0.00450. The van der Waals surface area contributed by atoms with Crippen molar-refractivity contribution in [3.8, 4) is 0 Å². The van der Waals surface area contributed by atoms with Crippen LogP contribution in [-0.2, 0) is 23.5 Å². The van der Waals surface area contributed by atoms with Crippen LogP contribution in [0.25, 0.3) is 0 Å². The second-order valence-corrected chi connectivity index (χ2v) is 10.4. The van der Waals surface area contributed by atoms with E-state index >= 15 is 0 Å². The molecule has 5 nitrogen and oxygen atoms in total. The lowest BCUT2D eigenvalue weighted by molar-refractivity contribution is -0.143. The van der Waals surface area contributed by atoms with Gasteiger partial charge in [-0.05, 0) is 48.7 Å². The lowest BCUT2D eigenvalue weighted by Gasteiger charge is -2.41. The Morgan fingerprint density at radius 3 is 2.07 bits per heavy atom. The maximum atomic E-state index is 14.3. The average molecular weight is 588 g/mol. The van der Waals surface area contributed by atoms with Crippen LogP contribution >= 0.6 is 0 Å². The first-order valence-electron chi connectivity index (χ1n) is 13.3. The number of morpholine rings is 1. The summed E-state index contributed by atoms with van der Waals surface area (Å²) in [4.78, 5) is 19.1. The zero-order chi connectivity index (χ0) is 29.8. The quantitative estimate of drug-likeness (QED) is 0.320. The van der Waals surface area contributed by atoms with E-state index in [0.29, 0.717) is 56.1 Å². The van der Waals surface area contributed by atoms with Crippen molar-refractivity contribution >= 4 is 5.91 Å². The number of carbonyl (C=O) groups is 1. The molecule has 2 aromatic rings. The fourth-order valence-electron chi connectivity index (χ4n) is 5.04. The summed E-state index contributed by atoms with van der Waals surface area (Å²) in [6, 6.07) is 4.95. The van der Waals surface area contributed by atoms with Crippen LogP contribution in [0.2, 0.25) is 0 Å². The molecule has 0 N–H and O–H groups in total. The molecule has 0 bridgehead atoms. The standard InChI is InChI=1S/C29H32F7N3O2/c1-20-4-5-21(15-26(20)30)14-25-19-38(7-3-2-6-37-10-12-41-13-11-37)8-9-39(25)27(40)22-16-23(28(31,32)33)18-24(17-22)29(34,35)36/h2-5,15-18,25H,6-14,19H2,1H3/t25-/m1/s1. The van der Waals surface area contributed by atoms with Gasteiger partial charge in [0.1, 0.15) is 5.82 Å². The molecule has 0 spiro atoms. The van der Waals surface area contributed by atoms with E-state index in [0.717, 1.165) is 19.6 Å². The molecule has 0 unspecified atom stereocenters. The van der Waals surface area contributed by atoms with Gasteiger partial charge in [0, 0.05) is 57.4 Å². The largest absolute Gasteiger partial charge is 0.416 e. The molecule has 0 aliphatic carbocycles. The van der Waals surface area contributed by atoms with Gasteiger partial charge in [0.25, 0.3) is 5.91 Å². The average Bonchev–Trinajstić information content (AvgIpc) is 2.92. The predicted octanol–water partition coefficient (Wildman–Crippen LogP) is 5.43. The van der Waals surface area contributed by atoms with Crippen LogP contribution < -0.4 is 0 Å². The Labute approximate surface area is 234 Å². The number of hydrogen-bond acceptors (Lipinski definition) is 4. The van der Waals surface area contributed by atoms with Crippen LogP contribution in [0, 0.1) is 12.7 Å². The molecule has 0 saturated carbocycles. The van der Waals surface area contributed by atoms with E-state index in [1.165, 1.54) is 11.0 Å². The summed E-state index contributed by atoms with van der Waals surface area (Å²) in [5.41, 5.74) is -2.78. The second-order valence-electron chi connectivity index (χ2n) is 10.4. The number of piperazine rings is 1. The number of amides is 1. The van der Waals surface area contributed by atoms with E-state index in [2.05, 4.69) is 9.80 Å². The lowest BCUT2D eigenvalue weighted by Crippen LogP contribution is -2.56. The highest BCUT2D eigenvalue weighted by Crippen LogP contribution is 2.37. The van der Waals surface area contributed by atoms with Crippen LogP contribution in [0.5, 0.6) is 0 Å². The molecular weight excluding hydrogens is 555 g/mol. The number of carbonyl (C=O) groups excluding carboxylic acids is 1. The Bertz CT molecular complexity index is 1210. The van der Waals surface area contributed by atoms with Gasteiger partial charge < -0.3 is 9.64 Å². The van der Waals surface area contributed by atoms with E-state index in [1.54, 1.807) is 19.1 Å². The summed E-state index contributed by atoms with van der Waals surface area (Å²) in [7, 11) is 0. The first kappa shape index (κ1) is 31.0. The molecule has 2 aliphatic heterocycles. The number of benzene rings is 2. The van der Waals surface area contributed by atoms with Crippen molar-refractivity contribution in [2.75, 3.05) is 59.0 Å². The highest BCUT2D eigenvalue weighted by Gasteiger charge is 2.39. The molecule has 1 atom stereocenters. The Hall–Kier alpha value is -2.96. The van der Waals surface area contributed by atoms with E-state index in [1.807, 2.05) is 12.2 Å². The molecular formula is C29H32F7N3O2. The Kier molecular flexibility index (Phi) is 9.76. The van der Waals surface area contributed by atoms with Crippen LogP contribution in [0.15, 0.2) is 48.6 Å². The van der Waals surface area contributed by atoms with E-state index in [9.17, 15) is 35.5 Å². The number of alkyl halides is 6. The SMILES string of the molecule is Cc1ccc(C[C@@H]2CN(CC=CCN3CCOCC3)CCN2C(=O)c2cc(C(F)(F)F)cc(C(F)(F)F)c2)cc1F. The number of ether oxygens (including phenoxy) is 1. The van der Waals surface area contributed by atoms with Gasteiger partial charge >= 0.3 is 12.4 Å². The smallest absolute Gasteiger partial charge is 0.379 e. The zero-order valence-electron chi connectivity index (χ0n) is 22.6. The summed E-state index contributed by atoms with van der Waals surface area (Å²) in [5, 5.41) is 0. The van der Waals surface area contributed by atoms with Gasteiger partial charge in [-0.15, -0.1) is 0 Å². The minimum Gasteiger partial charge on any atom is -0.379 e. The molecule has 2 aliphatic rings. The molecule has 2 aromatic carbocycles. The highest BCUT2D eigenvalue weighted by atomic mass is 19.4. The molecule has 0 radical (unpaired) electrons. The van der Waals surface area contributed by atoms with Crippen molar-refractivity contribution in [1.29, 1.82) is 0 Å². The van der Waals surface area contributed by atoms with Crippen molar-refractivity contribution in [3.63, 3.8) is 0 Å². The molecule has 224 valence electrons. The second kappa shape index (κ2) is 12.9. The van der Waals surface area contributed by atoms with Crippen LogP contribution in [-0.4, -0.2) is 85.7 Å². The summed E-state index contributed by atoms with van der Waals surface area (Å²) >= 11 is 0. The zero-order valence-corrected chi connectivity index (χ0v) is 22.6. The topological polar surface area (TPSA) is 36.0 Å². The number of nitrogens with zero attached hydrogens (tertiary/aromatic N) is 3. The maximum Gasteiger partial charge on any atom is 0.416 e. The summed E-state index contributed by atoms with van der Waals surface area (Å²) < 4.78 is 100. The van der Waals surface area contributed by atoms with Gasteiger partial charge in [0.05, 0.1) is 24.3 Å². The molecule has 2 heterocycles. The fourth-order valence-corrected chi connectivity index (χ4v) is 5.04. The van der Waals surface area contributed by atoms with Crippen molar-refractivity contribution in [2.45, 2.75) is 31.7 Å². The van der Waals surface area contributed by atoms with Crippen molar-refractivity contribution in [3.05, 3.63) is 82.2 Å². The molecule has 12 heteroatoms. The Morgan fingerprint density at radius 1 is 0.878 bits per heavy atom. The molecule has 1 amide bonds. The van der Waals surface area contributed by atoms with Gasteiger partial charge in [0.15, 0.2) is 0 Å². The van der Waals surface area contributed by atoms with Crippen LogP contribution in [0.1, 0.15) is 32.6 Å². The van der Waals surface area contributed by atoms with Gasteiger partial charge in [-0.25, -0.2) is 4.39 Å². The number of hydrogen-bond donors (Lipinski definition) is 0. The van der Waals surface area contributed by atoms with Gasteiger partial charge in [-0.2, -0.15) is 26.3 Å². The summed E-state index contributed by atoms with van der Waals surface area (Å²) in [6.45, 7) is 6.73. The monoisotopic (exact) mass is 587 g/mol.